The van der Waals surface area contributed by atoms with Gasteiger partial charge in [0.15, 0.2) is 0 Å². The van der Waals surface area contributed by atoms with Gasteiger partial charge in [-0.05, 0) is 73.6 Å². The molecular weight excluding hydrogens is 356 g/mol. The summed E-state index contributed by atoms with van der Waals surface area (Å²) in [6.45, 7) is 13.8. The van der Waals surface area contributed by atoms with Crippen LogP contribution in [0.4, 0.5) is 9.59 Å². The lowest BCUT2D eigenvalue weighted by Gasteiger charge is -2.22. The molecule has 0 bridgehead atoms. The van der Waals surface area contributed by atoms with Gasteiger partial charge in [0.05, 0.1) is 6.04 Å². The lowest BCUT2D eigenvalue weighted by molar-refractivity contribution is 0.0509. The van der Waals surface area contributed by atoms with Crippen molar-refractivity contribution in [2.45, 2.75) is 111 Å². The molecule has 0 aromatic rings. The summed E-state index contributed by atoms with van der Waals surface area (Å²) in [5.41, 5.74) is -1.01. The van der Waals surface area contributed by atoms with Gasteiger partial charge in [-0.25, -0.2) is 9.59 Å². The summed E-state index contributed by atoms with van der Waals surface area (Å²) in [5.74, 6) is 0. The van der Waals surface area contributed by atoms with Crippen molar-refractivity contribution in [2.24, 2.45) is 0 Å². The Morgan fingerprint density at radius 2 is 1.50 bits per heavy atom. The summed E-state index contributed by atoms with van der Waals surface area (Å²) in [6.07, 6.45) is 10.5. The molecule has 164 valence electrons. The van der Waals surface area contributed by atoms with Gasteiger partial charge in [-0.15, -0.1) is 0 Å². The first-order valence-corrected chi connectivity index (χ1v) is 10.6. The Hall–Kier alpha value is -1.72. The van der Waals surface area contributed by atoms with Gasteiger partial charge in [-0.1, -0.05) is 31.9 Å². The van der Waals surface area contributed by atoms with Crippen molar-refractivity contribution in [3.05, 3.63) is 12.2 Å². The second kappa shape index (κ2) is 13.5. The molecule has 0 heterocycles. The van der Waals surface area contributed by atoms with Crippen LogP contribution in [0.3, 0.4) is 0 Å². The van der Waals surface area contributed by atoms with Crippen LogP contribution in [0.5, 0.6) is 0 Å². The predicted octanol–water partition coefficient (Wildman–Crippen LogP) is 5.71. The van der Waals surface area contributed by atoms with Crippen LogP contribution in [0.1, 0.15) is 93.4 Å². The number of carbonyl (C=O) groups excluding carboxylic acids is 2. The molecule has 0 rings (SSSR count). The van der Waals surface area contributed by atoms with E-state index in [-0.39, 0.29) is 6.04 Å². The molecule has 0 aliphatic carbocycles. The molecule has 0 saturated carbocycles. The summed E-state index contributed by atoms with van der Waals surface area (Å²) in [7, 11) is 0. The molecule has 6 heteroatoms. The van der Waals surface area contributed by atoms with E-state index in [2.05, 4.69) is 29.7 Å². The Morgan fingerprint density at radius 3 is 2.07 bits per heavy atom. The second-order valence-electron chi connectivity index (χ2n) is 9.10. The van der Waals surface area contributed by atoms with Crippen LogP contribution in [-0.2, 0) is 9.47 Å². The molecule has 0 spiro atoms. The van der Waals surface area contributed by atoms with E-state index in [1.165, 1.54) is 12.8 Å². The molecule has 0 unspecified atom stereocenters. The summed E-state index contributed by atoms with van der Waals surface area (Å²) in [5, 5.41) is 5.70. The first-order chi connectivity index (χ1) is 12.9. The molecule has 0 aliphatic heterocycles. The van der Waals surface area contributed by atoms with Gasteiger partial charge in [-0.2, -0.15) is 0 Å². The number of rotatable bonds is 11. The molecule has 0 aromatic carbocycles. The van der Waals surface area contributed by atoms with Crippen LogP contribution in [0.2, 0.25) is 0 Å². The van der Waals surface area contributed by atoms with E-state index in [4.69, 9.17) is 9.47 Å². The summed E-state index contributed by atoms with van der Waals surface area (Å²) < 4.78 is 10.6. The number of hydrogen-bond acceptors (Lipinski definition) is 4. The van der Waals surface area contributed by atoms with E-state index in [0.717, 1.165) is 32.1 Å². The molecule has 28 heavy (non-hydrogen) atoms. The number of unbranched alkanes of at least 4 members (excludes halogenated alkanes) is 4. The first-order valence-electron chi connectivity index (χ1n) is 10.6. The minimum atomic E-state index is -0.517. The average Bonchev–Trinajstić information content (AvgIpc) is 2.50. The van der Waals surface area contributed by atoms with Gasteiger partial charge in [0.2, 0.25) is 0 Å². The van der Waals surface area contributed by atoms with E-state index < -0.39 is 23.4 Å². The molecule has 0 aromatic heterocycles. The average molecular weight is 399 g/mol. The van der Waals surface area contributed by atoms with Gasteiger partial charge >= 0.3 is 12.2 Å². The van der Waals surface area contributed by atoms with Gasteiger partial charge < -0.3 is 20.1 Å². The van der Waals surface area contributed by atoms with Crippen LogP contribution >= 0.6 is 0 Å². The second-order valence-corrected chi connectivity index (χ2v) is 9.10. The van der Waals surface area contributed by atoms with Crippen LogP contribution in [0.15, 0.2) is 12.2 Å². The lowest BCUT2D eigenvalue weighted by atomic mass is 10.1. The molecule has 0 saturated heterocycles. The lowest BCUT2D eigenvalue weighted by Crippen LogP contribution is -2.38. The third kappa shape index (κ3) is 17.7. The standard InChI is InChI=1S/C22H42N2O4/c1-8-9-10-11-12-15-18(24-20(26)28-22(5,6)7)16-13-14-17-23-19(25)27-21(2,3)4/h12,15,18H,8-11,13-14,16-17H2,1-7H3,(H,23,25)(H,24,26)/b15-12-/t18-/m1/s1. The van der Waals surface area contributed by atoms with Gasteiger partial charge in [0, 0.05) is 6.54 Å². The highest BCUT2D eigenvalue weighted by molar-refractivity contribution is 5.68. The summed E-state index contributed by atoms with van der Waals surface area (Å²) >= 11 is 0. The number of carbonyl (C=O) groups is 2. The first kappa shape index (κ1) is 26.3. The van der Waals surface area contributed by atoms with E-state index in [1.54, 1.807) is 0 Å². The third-order valence-electron chi connectivity index (χ3n) is 3.65. The largest absolute Gasteiger partial charge is 0.444 e. The third-order valence-corrected chi connectivity index (χ3v) is 3.65. The Morgan fingerprint density at radius 1 is 0.893 bits per heavy atom. The normalized spacial score (nSPS) is 13.2. The molecule has 0 aliphatic rings. The molecular formula is C22H42N2O4. The van der Waals surface area contributed by atoms with E-state index >= 15 is 0 Å². The highest BCUT2D eigenvalue weighted by atomic mass is 16.6. The molecule has 0 fully saturated rings. The van der Waals surface area contributed by atoms with Crippen molar-refractivity contribution in [3.8, 4) is 0 Å². The monoisotopic (exact) mass is 398 g/mol. The topological polar surface area (TPSA) is 76.7 Å². The maximum Gasteiger partial charge on any atom is 0.408 e. The Balaban J connectivity index is 4.35. The van der Waals surface area contributed by atoms with Crippen LogP contribution in [0.25, 0.3) is 0 Å². The number of allylic oxidation sites excluding steroid dienone is 1. The maximum atomic E-state index is 12.1. The molecule has 6 nitrogen and oxygen atoms in total. The van der Waals surface area contributed by atoms with Crippen LogP contribution in [0, 0.1) is 0 Å². The highest BCUT2D eigenvalue weighted by Gasteiger charge is 2.18. The number of nitrogens with one attached hydrogen (secondary N) is 2. The van der Waals surface area contributed by atoms with Crippen molar-refractivity contribution >= 4 is 12.2 Å². The minimum absolute atomic E-state index is 0.0713. The quantitative estimate of drug-likeness (QED) is 0.345. The number of hydrogen-bond donors (Lipinski definition) is 2. The zero-order valence-electron chi connectivity index (χ0n) is 19.0. The van der Waals surface area contributed by atoms with E-state index in [1.807, 2.05) is 41.5 Å². The zero-order valence-corrected chi connectivity index (χ0v) is 19.0. The van der Waals surface area contributed by atoms with Crippen molar-refractivity contribution in [1.29, 1.82) is 0 Å². The maximum absolute atomic E-state index is 12.1. The molecule has 1 atom stereocenters. The fraction of sp³-hybridized carbons (Fsp3) is 0.818. The van der Waals surface area contributed by atoms with Crippen LogP contribution < -0.4 is 10.6 Å². The van der Waals surface area contributed by atoms with Crippen molar-refractivity contribution < 1.29 is 19.1 Å². The van der Waals surface area contributed by atoms with Gasteiger partial charge in [-0.3, -0.25) is 0 Å². The summed E-state index contributed by atoms with van der Waals surface area (Å²) in [4.78, 5) is 23.7. The Bertz CT molecular complexity index is 476. The summed E-state index contributed by atoms with van der Waals surface area (Å²) in [6, 6.07) is -0.0713. The number of ether oxygens (including phenoxy) is 2. The smallest absolute Gasteiger partial charge is 0.408 e. The predicted molar refractivity (Wildman–Crippen MR) is 115 cm³/mol. The zero-order chi connectivity index (χ0) is 21.6. The van der Waals surface area contributed by atoms with E-state index in [9.17, 15) is 9.59 Å². The van der Waals surface area contributed by atoms with Crippen molar-refractivity contribution in [2.75, 3.05) is 6.54 Å². The fourth-order valence-electron chi connectivity index (χ4n) is 2.44. The fourth-order valence-corrected chi connectivity index (χ4v) is 2.44. The minimum Gasteiger partial charge on any atom is -0.444 e. The van der Waals surface area contributed by atoms with Crippen molar-refractivity contribution in [3.63, 3.8) is 0 Å². The van der Waals surface area contributed by atoms with E-state index in [0.29, 0.717) is 6.54 Å². The Labute approximate surface area is 171 Å². The molecule has 0 radical (unpaired) electrons. The van der Waals surface area contributed by atoms with Crippen LogP contribution in [-0.4, -0.2) is 36.0 Å². The number of alkyl carbamates (subject to hydrolysis) is 2. The van der Waals surface area contributed by atoms with Gasteiger partial charge in [0.25, 0.3) is 0 Å². The SMILES string of the molecule is CCCCC/C=C\[C@H](CCCCNC(=O)OC(C)(C)C)NC(=O)OC(C)(C)C. The Kier molecular flexibility index (Phi) is 12.6. The van der Waals surface area contributed by atoms with Crippen molar-refractivity contribution in [1.82, 2.24) is 10.6 Å². The molecule has 2 amide bonds. The highest BCUT2D eigenvalue weighted by Crippen LogP contribution is 2.10. The molecule has 2 N–H and O–H groups in total. The number of amides is 2. The van der Waals surface area contributed by atoms with Gasteiger partial charge in [0.1, 0.15) is 11.2 Å².